The summed E-state index contributed by atoms with van der Waals surface area (Å²) in [6.45, 7) is 1.40. The quantitative estimate of drug-likeness (QED) is 0.830. The van der Waals surface area contributed by atoms with E-state index in [0.29, 0.717) is 13.0 Å². The van der Waals surface area contributed by atoms with Crippen molar-refractivity contribution < 1.29 is 9.53 Å². The van der Waals surface area contributed by atoms with E-state index in [2.05, 4.69) is 5.32 Å². The second kappa shape index (κ2) is 6.52. The molecule has 1 aromatic carbocycles. The number of nitrogens with two attached hydrogens (primary N) is 1. The first-order chi connectivity index (χ1) is 8.75. The summed E-state index contributed by atoms with van der Waals surface area (Å²) < 4.78 is 5.33. The van der Waals surface area contributed by atoms with Gasteiger partial charge >= 0.3 is 0 Å². The molecule has 98 valence electrons. The molecular weight excluding hydrogens is 228 g/mol. The summed E-state index contributed by atoms with van der Waals surface area (Å²) >= 11 is 0. The van der Waals surface area contributed by atoms with Gasteiger partial charge in [-0.25, -0.2) is 0 Å². The van der Waals surface area contributed by atoms with Crippen LogP contribution < -0.4 is 11.1 Å². The third-order valence-corrected chi connectivity index (χ3v) is 3.14. The number of amides is 1. The average Bonchev–Trinajstić information content (AvgIpc) is 2.41. The van der Waals surface area contributed by atoms with Crippen molar-refractivity contribution in [3.63, 3.8) is 0 Å². The SMILES string of the molecule is NC(Cc1ccccc1)C(=O)NC1CCCOC1. The fraction of sp³-hybridized carbons (Fsp3) is 0.500. The molecule has 0 spiro atoms. The molecule has 2 unspecified atom stereocenters. The molecular formula is C14H20N2O2. The van der Waals surface area contributed by atoms with Crippen molar-refractivity contribution in [1.82, 2.24) is 5.32 Å². The lowest BCUT2D eigenvalue weighted by molar-refractivity contribution is -0.124. The first kappa shape index (κ1) is 13.1. The molecule has 2 rings (SSSR count). The molecule has 4 heteroatoms. The molecule has 0 bridgehead atoms. The highest BCUT2D eigenvalue weighted by Gasteiger charge is 2.20. The van der Waals surface area contributed by atoms with Crippen LogP contribution in [0.1, 0.15) is 18.4 Å². The van der Waals surface area contributed by atoms with Gasteiger partial charge in [0.15, 0.2) is 0 Å². The lowest BCUT2D eigenvalue weighted by Crippen LogP contribution is -2.48. The topological polar surface area (TPSA) is 64.4 Å². The van der Waals surface area contributed by atoms with Crippen molar-refractivity contribution in [2.45, 2.75) is 31.3 Å². The summed E-state index contributed by atoms with van der Waals surface area (Å²) in [5, 5.41) is 2.95. The molecule has 1 saturated heterocycles. The monoisotopic (exact) mass is 248 g/mol. The zero-order chi connectivity index (χ0) is 12.8. The second-order valence-corrected chi connectivity index (χ2v) is 4.72. The maximum atomic E-state index is 11.9. The number of benzene rings is 1. The highest BCUT2D eigenvalue weighted by atomic mass is 16.5. The molecule has 1 fully saturated rings. The molecule has 0 saturated carbocycles. The highest BCUT2D eigenvalue weighted by Crippen LogP contribution is 2.07. The Bertz CT molecular complexity index is 375. The molecule has 1 aliphatic rings. The van der Waals surface area contributed by atoms with Crippen LogP contribution in [0.3, 0.4) is 0 Å². The predicted octanol–water partition coefficient (Wildman–Crippen LogP) is 0.852. The Morgan fingerprint density at radius 1 is 1.44 bits per heavy atom. The van der Waals surface area contributed by atoms with Crippen LogP contribution in [-0.2, 0) is 16.0 Å². The summed E-state index contributed by atoms with van der Waals surface area (Å²) in [4.78, 5) is 11.9. The van der Waals surface area contributed by atoms with Crippen LogP contribution in [0.4, 0.5) is 0 Å². The van der Waals surface area contributed by atoms with E-state index in [0.717, 1.165) is 25.0 Å². The fourth-order valence-electron chi connectivity index (χ4n) is 2.12. The van der Waals surface area contributed by atoms with Crippen LogP contribution >= 0.6 is 0 Å². The largest absolute Gasteiger partial charge is 0.379 e. The zero-order valence-corrected chi connectivity index (χ0v) is 10.5. The number of carbonyl (C=O) groups is 1. The van der Waals surface area contributed by atoms with Gasteiger partial charge in [0.2, 0.25) is 5.91 Å². The minimum atomic E-state index is -0.491. The van der Waals surface area contributed by atoms with Gasteiger partial charge in [-0.2, -0.15) is 0 Å². The van der Waals surface area contributed by atoms with Gasteiger partial charge in [-0.05, 0) is 24.8 Å². The fourth-order valence-corrected chi connectivity index (χ4v) is 2.12. The normalized spacial score (nSPS) is 21.3. The van der Waals surface area contributed by atoms with Crippen LogP contribution in [0.25, 0.3) is 0 Å². The van der Waals surface area contributed by atoms with Gasteiger partial charge in [-0.3, -0.25) is 4.79 Å². The Morgan fingerprint density at radius 2 is 2.22 bits per heavy atom. The van der Waals surface area contributed by atoms with Crippen molar-refractivity contribution in [1.29, 1.82) is 0 Å². The number of nitrogens with one attached hydrogen (secondary N) is 1. The van der Waals surface area contributed by atoms with E-state index in [4.69, 9.17) is 10.5 Å². The minimum absolute atomic E-state index is 0.0886. The van der Waals surface area contributed by atoms with E-state index < -0.39 is 6.04 Å². The van der Waals surface area contributed by atoms with Crippen molar-refractivity contribution in [2.75, 3.05) is 13.2 Å². The van der Waals surface area contributed by atoms with Crippen LogP contribution in [0, 0.1) is 0 Å². The van der Waals surface area contributed by atoms with E-state index in [1.54, 1.807) is 0 Å². The van der Waals surface area contributed by atoms with Crippen LogP contribution in [0.15, 0.2) is 30.3 Å². The first-order valence-electron chi connectivity index (χ1n) is 6.43. The smallest absolute Gasteiger partial charge is 0.237 e. The Balaban J connectivity index is 1.81. The molecule has 2 atom stereocenters. The minimum Gasteiger partial charge on any atom is -0.379 e. The zero-order valence-electron chi connectivity index (χ0n) is 10.5. The summed E-state index contributed by atoms with van der Waals surface area (Å²) in [6.07, 6.45) is 2.54. The Hall–Kier alpha value is -1.39. The van der Waals surface area contributed by atoms with E-state index >= 15 is 0 Å². The van der Waals surface area contributed by atoms with Crippen molar-refractivity contribution >= 4 is 5.91 Å². The molecule has 0 aliphatic carbocycles. The molecule has 18 heavy (non-hydrogen) atoms. The van der Waals surface area contributed by atoms with E-state index in [9.17, 15) is 4.79 Å². The third kappa shape index (κ3) is 3.82. The van der Waals surface area contributed by atoms with Gasteiger partial charge < -0.3 is 15.8 Å². The molecule has 4 nitrogen and oxygen atoms in total. The van der Waals surface area contributed by atoms with E-state index in [1.807, 2.05) is 30.3 Å². The summed E-state index contributed by atoms with van der Waals surface area (Å²) in [7, 11) is 0. The maximum absolute atomic E-state index is 11.9. The summed E-state index contributed by atoms with van der Waals surface area (Å²) in [5.74, 6) is -0.0886. The number of hydrogen-bond donors (Lipinski definition) is 2. The molecule has 3 N–H and O–H groups in total. The summed E-state index contributed by atoms with van der Waals surface area (Å²) in [6, 6.07) is 9.45. The van der Waals surface area contributed by atoms with Crippen LogP contribution in [-0.4, -0.2) is 31.2 Å². The van der Waals surface area contributed by atoms with Crippen LogP contribution in [0.5, 0.6) is 0 Å². The Labute approximate surface area is 108 Å². The van der Waals surface area contributed by atoms with Crippen molar-refractivity contribution in [3.05, 3.63) is 35.9 Å². The lowest BCUT2D eigenvalue weighted by atomic mass is 10.0. The Morgan fingerprint density at radius 3 is 2.89 bits per heavy atom. The van der Waals surface area contributed by atoms with Crippen molar-refractivity contribution in [3.8, 4) is 0 Å². The summed E-state index contributed by atoms with van der Waals surface area (Å²) in [5.41, 5.74) is 7.00. The highest BCUT2D eigenvalue weighted by molar-refractivity contribution is 5.82. The maximum Gasteiger partial charge on any atom is 0.237 e. The number of ether oxygens (including phenoxy) is 1. The molecule has 1 heterocycles. The van der Waals surface area contributed by atoms with Gasteiger partial charge in [0, 0.05) is 6.61 Å². The van der Waals surface area contributed by atoms with E-state index in [-0.39, 0.29) is 11.9 Å². The van der Waals surface area contributed by atoms with Crippen LogP contribution in [0.2, 0.25) is 0 Å². The molecule has 1 aliphatic heterocycles. The van der Waals surface area contributed by atoms with Gasteiger partial charge in [0.1, 0.15) is 0 Å². The number of hydrogen-bond acceptors (Lipinski definition) is 3. The molecule has 0 radical (unpaired) electrons. The van der Waals surface area contributed by atoms with Crippen molar-refractivity contribution in [2.24, 2.45) is 5.73 Å². The Kier molecular flexibility index (Phi) is 4.73. The van der Waals surface area contributed by atoms with Gasteiger partial charge in [0.25, 0.3) is 0 Å². The second-order valence-electron chi connectivity index (χ2n) is 4.72. The van der Waals surface area contributed by atoms with Gasteiger partial charge in [0.05, 0.1) is 18.7 Å². The van der Waals surface area contributed by atoms with E-state index in [1.165, 1.54) is 0 Å². The predicted molar refractivity (Wildman–Crippen MR) is 70.1 cm³/mol. The molecule has 0 aromatic heterocycles. The van der Waals surface area contributed by atoms with Gasteiger partial charge in [-0.15, -0.1) is 0 Å². The average molecular weight is 248 g/mol. The van der Waals surface area contributed by atoms with Gasteiger partial charge in [-0.1, -0.05) is 30.3 Å². The third-order valence-electron chi connectivity index (χ3n) is 3.14. The first-order valence-corrected chi connectivity index (χ1v) is 6.43. The molecule has 1 amide bonds. The number of rotatable bonds is 4. The lowest BCUT2D eigenvalue weighted by Gasteiger charge is -2.24. The molecule has 1 aromatic rings. The standard InChI is InChI=1S/C14H20N2O2/c15-13(9-11-5-2-1-3-6-11)14(17)16-12-7-4-8-18-10-12/h1-3,5-6,12-13H,4,7-10,15H2,(H,16,17). The number of carbonyl (C=O) groups excluding carboxylic acids is 1.